The average Bonchev–Trinajstić information content (AvgIpc) is 2.37. The monoisotopic (exact) mass is 263 g/mol. The zero-order valence-electron chi connectivity index (χ0n) is 11.3. The Morgan fingerprint density at radius 3 is 2.58 bits per heavy atom. The van der Waals surface area contributed by atoms with Crippen LogP contribution in [-0.4, -0.2) is 23.5 Å². The summed E-state index contributed by atoms with van der Waals surface area (Å²) >= 11 is 0. The molecule has 0 aliphatic carbocycles. The molecule has 1 amide bonds. The fourth-order valence-electron chi connectivity index (χ4n) is 1.86. The second-order valence-electron chi connectivity index (χ2n) is 4.63. The first-order valence-electron chi connectivity index (χ1n) is 6.62. The number of aliphatic carboxylic acids is 1. The molecule has 104 valence electrons. The number of carbonyl (C=O) groups excluding carboxylic acids is 1. The van der Waals surface area contributed by atoms with E-state index in [0.29, 0.717) is 25.8 Å². The van der Waals surface area contributed by atoms with E-state index in [1.807, 2.05) is 31.2 Å². The smallest absolute Gasteiger partial charge is 0.303 e. The molecule has 4 nitrogen and oxygen atoms in total. The third-order valence-corrected chi connectivity index (χ3v) is 3.02. The number of hydrogen-bond acceptors (Lipinski definition) is 2. The van der Waals surface area contributed by atoms with Crippen molar-refractivity contribution in [3.8, 4) is 0 Å². The fourth-order valence-corrected chi connectivity index (χ4v) is 1.86. The molecular formula is C15H21NO3. The number of benzene rings is 1. The van der Waals surface area contributed by atoms with Crippen LogP contribution in [0.2, 0.25) is 0 Å². The molecule has 4 heteroatoms. The molecule has 0 fully saturated rings. The van der Waals surface area contributed by atoms with Gasteiger partial charge in [0.1, 0.15) is 0 Å². The highest BCUT2D eigenvalue weighted by Gasteiger charge is 2.03. The van der Waals surface area contributed by atoms with Gasteiger partial charge in [-0.05, 0) is 37.3 Å². The Hall–Kier alpha value is -1.84. The van der Waals surface area contributed by atoms with E-state index in [1.165, 1.54) is 11.1 Å². The summed E-state index contributed by atoms with van der Waals surface area (Å²) in [5, 5.41) is 11.3. The maximum atomic E-state index is 11.6. The van der Waals surface area contributed by atoms with E-state index in [4.69, 9.17) is 5.11 Å². The normalized spacial score (nSPS) is 10.2. The van der Waals surface area contributed by atoms with Crippen LogP contribution in [-0.2, 0) is 16.0 Å². The van der Waals surface area contributed by atoms with Crippen LogP contribution in [0.5, 0.6) is 0 Å². The maximum absolute atomic E-state index is 11.6. The van der Waals surface area contributed by atoms with Crippen molar-refractivity contribution in [2.75, 3.05) is 6.54 Å². The lowest BCUT2D eigenvalue weighted by atomic mass is 10.0. The Morgan fingerprint density at radius 1 is 1.16 bits per heavy atom. The van der Waals surface area contributed by atoms with Crippen molar-refractivity contribution in [3.05, 3.63) is 35.4 Å². The molecular weight excluding hydrogens is 242 g/mol. The second-order valence-corrected chi connectivity index (χ2v) is 4.63. The predicted octanol–water partition coefficient (Wildman–Crippen LogP) is 2.30. The van der Waals surface area contributed by atoms with Gasteiger partial charge in [-0.3, -0.25) is 9.59 Å². The van der Waals surface area contributed by atoms with E-state index in [9.17, 15) is 9.59 Å². The van der Waals surface area contributed by atoms with Crippen molar-refractivity contribution < 1.29 is 14.7 Å². The summed E-state index contributed by atoms with van der Waals surface area (Å²) in [4.78, 5) is 21.9. The number of carboxylic acid groups (broad SMARTS) is 1. The minimum atomic E-state index is -0.786. The topological polar surface area (TPSA) is 66.4 Å². The molecule has 0 atom stereocenters. The minimum absolute atomic E-state index is 0.0265. The van der Waals surface area contributed by atoms with Gasteiger partial charge in [0.15, 0.2) is 0 Å². The van der Waals surface area contributed by atoms with Crippen LogP contribution in [0.1, 0.15) is 36.8 Å². The van der Waals surface area contributed by atoms with Gasteiger partial charge >= 0.3 is 5.97 Å². The van der Waals surface area contributed by atoms with E-state index in [0.717, 1.165) is 6.42 Å². The Kier molecular flexibility index (Phi) is 6.64. The summed E-state index contributed by atoms with van der Waals surface area (Å²) in [5.41, 5.74) is 2.40. The van der Waals surface area contributed by atoms with Crippen molar-refractivity contribution in [1.29, 1.82) is 0 Å². The molecule has 0 aliphatic rings. The lowest BCUT2D eigenvalue weighted by Crippen LogP contribution is -2.24. The summed E-state index contributed by atoms with van der Waals surface area (Å²) in [5.74, 6) is -0.760. The lowest BCUT2D eigenvalue weighted by molar-refractivity contribution is -0.137. The molecule has 0 unspecified atom stereocenters. The van der Waals surface area contributed by atoms with Gasteiger partial charge in [0.2, 0.25) is 5.91 Å². The van der Waals surface area contributed by atoms with E-state index < -0.39 is 5.97 Å². The summed E-state index contributed by atoms with van der Waals surface area (Å²) < 4.78 is 0. The number of unbranched alkanes of at least 4 members (excludes halogenated alkanes) is 1. The quantitative estimate of drug-likeness (QED) is 0.707. The SMILES string of the molecule is Cc1ccccc1CCC(=O)NCCCCC(=O)O. The van der Waals surface area contributed by atoms with Crippen LogP contribution in [0.25, 0.3) is 0 Å². The number of carboxylic acids is 1. The van der Waals surface area contributed by atoms with Gasteiger partial charge in [-0.15, -0.1) is 0 Å². The maximum Gasteiger partial charge on any atom is 0.303 e. The molecule has 0 heterocycles. The summed E-state index contributed by atoms with van der Waals surface area (Å²) in [6, 6.07) is 8.04. The summed E-state index contributed by atoms with van der Waals surface area (Å²) in [6.45, 7) is 2.60. The van der Waals surface area contributed by atoms with Crippen molar-refractivity contribution in [2.45, 2.75) is 39.0 Å². The van der Waals surface area contributed by atoms with Gasteiger partial charge < -0.3 is 10.4 Å². The Morgan fingerprint density at radius 2 is 1.89 bits per heavy atom. The molecule has 1 aromatic rings. The number of aryl methyl sites for hydroxylation is 2. The van der Waals surface area contributed by atoms with Gasteiger partial charge in [-0.1, -0.05) is 24.3 Å². The first-order chi connectivity index (χ1) is 9.09. The highest BCUT2D eigenvalue weighted by atomic mass is 16.4. The van der Waals surface area contributed by atoms with Crippen molar-refractivity contribution in [2.24, 2.45) is 0 Å². The third-order valence-electron chi connectivity index (χ3n) is 3.02. The number of rotatable bonds is 8. The van der Waals surface area contributed by atoms with Crippen LogP contribution < -0.4 is 5.32 Å². The van der Waals surface area contributed by atoms with Crippen molar-refractivity contribution >= 4 is 11.9 Å². The number of carbonyl (C=O) groups is 2. The number of nitrogens with one attached hydrogen (secondary N) is 1. The van der Waals surface area contributed by atoms with Gasteiger partial charge in [0.05, 0.1) is 0 Å². The molecule has 0 aliphatic heterocycles. The van der Waals surface area contributed by atoms with Gasteiger partial charge in [0.25, 0.3) is 0 Å². The van der Waals surface area contributed by atoms with E-state index in [-0.39, 0.29) is 12.3 Å². The first kappa shape index (κ1) is 15.2. The molecule has 0 bridgehead atoms. The van der Waals surface area contributed by atoms with Crippen LogP contribution in [0.15, 0.2) is 24.3 Å². The fraction of sp³-hybridized carbons (Fsp3) is 0.467. The Balaban J connectivity index is 2.15. The first-order valence-corrected chi connectivity index (χ1v) is 6.62. The second kappa shape index (κ2) is 8.29. The Labute approximate surface area is 113 Å². The molecule has 2 N–H and O–H groups in total. The van der Waals surface area contributed by atoms with Crippen LogP contribution in [0.3, 0.4) is 0 Å². The molecule has 1 rings (SSSR count). The zero-order chi connectivity index (χ0) is 14.1. The van der Waals surface area contributed by atoms with Gasteiger partial charge in [-0.2, -0.15) is 0 Å². The molecule has 19 heavy (non-hydrogen) atoms. The van der Waals surface area contributed by atoms with E-state index >= 15 is 0 Å². The molecule has 0 saturated heterocycles. The summed E-state index contributed by atoms with van der Waals surface area (Å²) in [7, 11) is 0. The molecule has 0 aromatic heterocycles. The highest BCUT2D eigenvalue weighted by Crippen LogP contribution is 2.09. The predicted molar refractivity (Wildman–Crippen MR) is 74.0 cm³/mol. The average molecular weight is 263 g/mol. The molecule has 1 aromatic carbocycles. The molecule has 0 spiro atoms. The highest BCUT2D eigenvalue weighted by molar-refractivity contribution is 5.76. The van der Waals surface area contributed by atoms with Crippen LogP contribution >= 0.6 is 0 Å². The Bertz CT molecular complexity index is 429. The van der Waals surface area contributed by atoms with Crippen LogP contribution in [0, 0.1) is 6.92 Å². The number of amides is 1. The zero-order valence-corrected chi connectivity index (χ0v) is 11.3. The largest absolute Gasteiger partial charge is 0.481 e. The van der Waals surface area contributed by atoms with Crippen molar-refractivity contribution in [1.82, 2.24) is 5.32 Å². The van der Waals surface area contributed by atoms with E-state index in [1.54, 1.807) is 0 Å². The van der Waals surface area contributed by atoms with Gasteiger partial charge in [0, 0.05) is 19.4 Å². The van der Waals surface area contributed by atoms with Crippen molar-refractivity contribution in [3.63, 3.8) is 0 Å². The van der Waals surface area contributed by atoms with Gasteiger partial charge in [-0.25, -0.2) is 0 Å². The lowest BCUT2D eigenvalue weighted by Gasteiger charge is -2.06. The molecule has 0 saturated carbocycles. The number of hydrogen-bond donors (Lipinski definition) is 2. The van der Waals surface area contributed by atoms with Crippen LogP contribution in [0.4, 0.5) is 0 Å². The molecule has 0 radical (unpaired) electrons. The standard InChI is InChI=1S/C15H21NO3/c1-12-6-2-3-7-13(12)9-10-14(17)16-11-5-4-8-15(18)19/h2-3,6-7H,4-5,8-11H2,1H3,(H,16,17)(H,18,19). The van der Waals surface area contributed by atoms with E-state index in [2.05, 4.69) is 5.32 Å². The third kappa shape index (κ3) is 6.60. The minimum Gasteiger partial charge on any atom is -0.481 e. The summed E-state index contributed by atoms with van der Waals surface area (Å²) in [6.07, 6.45) is 2.70.